The molecule has 1 N–H and O–H groups in total. The average molecular weight is 250 g/mol. The second kappa shape index (κ2) is 5.98. The first-order valence-electron chi connectivity index (χ1n) is 6.17. The standard InChI is InChI=1S/C14H19FN2O/c1-3-13(17-8-6-16-7-9-17)11-4-5-12(15)14(10-11)18-2/h3-5,10,13,16H,1,6-9H2,2H3/t13-/m1/s1. The summed E-state index contributed by atoms with van der Waals surface area (Å²) in [7, 11) is 1.48. The lowest BCUT2D eigenvalue weighted by Crippen LogP contribution is -2.44. The van der Waals surface area contributed by atoms with E-state index in [1.807, 2.05) is 6.08 Å². The maximum atomic E-state index is 13.4. The highest BCUT2D eigenvalue weighted by Gasteiger charge is 2.20. The molecule has 0 aromatic heterocycles. The number of hydrogen-bond donors (Lipinski definition) is 1. The van der Waals surface area contributed by atoms with Crippen molar-refractivity contribution in [2.45, 2.75) is 6.04 Å². The molecular formula is C14H19FN2O. The van der Waals surface area contributed by atoms with Gasteiger partial charge in [-0.2, -0.15) is 0 Å². The summed E-state index contributed by atoms with van der Waals surface area (Å²) >= 11 is 0. The van der Waals surface area contributed by atoms with E-state index >= 15 is 0 Å². The smallest absolute Gasteiger partial charge is 0.165 e. The SMILES string of the molecule is C=C[C@H](c1ccc(F)c(OC)c1)N1CCNCC1. The third-order valence-electron chi connectivity index (χ3n) is 3.28. The van der Waals surface area contributed by atoms with Crippen LogP contribution in [0.15, 0.2) is 30.9 Å². The van der Waals surface area contributed by atoms with E-state index in [0.29, 0.717) is 0 Å². The Hall–Kier alpha value is -1.39. The Labute approximate surface area is 107 Å². The van der Waals surface area contributed by atoms with E-state index in [-0.39, 0.29) is 17.6 Å². The number of hydrogen-bond acceptors (Lipinski definition) is 3. The van der Waals surface area contributed by atoms with E-state index in [4.69, 9.17) is 4.74 Å². The van der Waals surface area contributed by atoms with E-state index in [0.717, 1.165) is 31.7 Å². The molecule has 1 aliphatic rings. The van der Waals surface area contributed by atoms with Gasteiger partial charge in [0, 0.05) is 26.2 Å². The third-order valence-corrected chi connectivity index (χ3v) is 3.28. The minimum absolute atomic E-state index is 0.113. The van der Waals surface area contributed by atoms with Gasteiger partial charge < -0.3 is 10.1 Å². The van der Waals surface area contributed by atoms with Gasteiger partial charge in [0.1, 0.15) is 0 Å². The van der Waals surface area contributed by atoms with Gasteiger partial charge in [0.25, 0.3) is 0 Å². The molecule has 4 heteroatoms. The molecule has 1 aromatic rings. The zero-order chi connectivity index (χ0) is 13.0. The maximum Gasteiger partial charge on any atom is 0.165 e. The molecule has 0 saturated carbocycles. The number of piperazine rings is 1. The molecular weight excluding hydrogens is 231 g/mol. The zero-order valence-electron chi connectivity index (χ0n) is 10.7. The zero-order valence-corrected chi connectivity index (χ0v) is 10.7. The van der Waals surface area contributed by atoms with Crippen LogP contribution in [0.1, 0.15) is 11.6 Å². The number of halogens is 1. The largest absolute Gasteiger partial charge is 0.494 e. The van der Waals surface area contributed by atoms with Crippen molar-refractivity contribution in [2.75, 3.05) is 33.3 Å². The summed E-state index contributed by atoms with van der Waals surface area (Å²) in [6.07, 6.45) is 1.90. The Morgan fingerprint density at radius 3 is 2.78 bits per heavy atom. The van der Waals surface area contributed by atoms with Crippen LogP contribution in [0.25, 0.3) is 0 Å². The Morgan fingerprint density at radius 2 is 2.17 bits per heavy atom. The summed E-state index contributed by atoms with van der Waals surface area (Å²) < 4.78 is 18.4. The quantitative estimate of drug-likeness (QED) is 0.827. The predicted molar refractivity (Wildman–Crippen MR) is 70.3 cm³/mol. The number of methoxy groups -OCH3 is 1. The highest BCUT2D eigenvalue weighted by atomic mass is 19.1. The Kier molecular flexibility index (Phi) is 4.33. The molecule has 2 rings (SSSR count). The number of rotatable bonds is 4. The minimum Gasteiger partial charge on any atom is -0.494 e. The summed E-state index contributed by atoms with van der Waals surface area (Å²) in [5.74, 6) is -0.0427. The molecule has 0 aliphatic carbocycles. The van der Waals surface area contributed by atoms with Crippen molar-refractivity contribution >= 4 is 0 Å². The normalized spacial score (nSPS) is 18.3. The fraction of sp³-hybridized carbons (Fsp3) is 0.429. The highest BCUT2D eigenvalue weighted by molar-refractivity contribution is 5.33. The maximum absolute atomic E-state index is 13.4. The summed E-state index contributed by atoms with van der Waals surface area (Å²) in [4.78, 5) is 2.33. The number of benzene rings is 1. The molecule has 1 atom stereocenters. The third kappa shape index (κ3) is 2.71. The van der Waals surface area contributed by atoms with E-state index in [1.165, 1.54) is 13.2 Å². The van der Waals surface area contributed by atoms with Crippen molar-refractivity contribution < 1.29 is 9.13 Å². The monoisotopic (exact) mass is 250 g/mol. The molecule has 0 radical (unpaired) electrons. The van der Waals surface area contributed by atoms with Crippen LogP contribution >= 0.6 is 0 Å². The van der Waals surface area contributed by atoms with E-state index in [9.17, 15) is 4.39 Å². The van der Waals surface area contributed by atoms with Crippen molar-refractivity contribution in [2.24, 2.45) is 0 Å². The van der Waals surface area contributed by atoms with Crippen molar-refractivity contribution in [1.29, 1.82) is 0 Å². The molecule has 0 spiro atoms. The van der Waals surface area contributed by atoms with E-state index in [1.54, 1.807) is 12.1 Å². The molecule has 98 valence electrons. The topological polar surface area (TPSA) is 24.5 Å². The van der Waals surface area contributed by atoms with Crippen LogP contribution in [0, 0.1) is 5.82 Å². The lowest BCUT2D eigenvalue weighted by Gasteiger charge is -2.33. The van der Waals surface area contributed by atoms with E-state index < -0.39 is 0 Å². The summed E-state index contributed by atoms with van der Waals surface area (Å²) in [5, 5.41) is 3.32. The summed E-state index contributed by atoms with van der Waals surface area (Å²) in [5.41, 5.74) is 1.02. The van der Waals surface area contributed by atoms with Gasteiger partial charge in [0.05, 0.1) is 13.2 Å². The van der Waals surface area contributed by atoms with Crippen molar-refractivity contribution in [3.8, 4) is 5.75 Å². The molecule has 1 heterocycles. The van der Waals surface area contributed by atoms with Gasteiger partial charge in [0.2, 0.25) is 0 Å². The molecule has 0 bridgehead atoms. The van der Waals surface area contributed by atoms with Crippen LogP contribution in [0.4, 0.5) is 4.39 Å². The summed E-state index contributed by atoms with van der Waals surface area (Å²) in [6.45, 7) is 7.78. The van der Waals surface area contributed by atoms with Gasteiger partial charge in [-0.15, -0.1) is 6.58 Å². The second-order valence-corrected chi connectivity index (χ2v) is 4.36. The fourth-order valence-electron chi connectivity index (χ4n) is 2.32. The first kappa shape index (κ1) is 13.1. The van der Waals surface area contributed by atoms with Crippen molar-refractivity contribution in [3.63, 3.8) is 0 Å². The Morgan fingerprint density at radius 1 is 1.44 bits per heavy atom. The molecule has 1 aromatic carbocycles. The van der Waals surface area contributed by atoms with E-state index in [2.05, 4.69) is 16.8 Å². The predicted octanol–water partition coefficient (Wildman–Crippen LogP) is 1.97. The van der Waals surface area contributed by atoms with Crippen LogP contribution in [-0.2, 0) is 0 Å². The molecule has 0 amide bonds. The number of nitrogens with one attached hydrogen (secondary N) is 1. The Bertz CT molecular complexity index is 416. The van der Waals surface area contributed by atoms with Gasteiger partial charge >= 0.3 is 0 Å². The molecule has 3 nitrogen and oxygen atoms in total. The van der Waals surface area contributed by atoms with Crippen LogP contribution in [0.5, 0.6) is 5.75 Å². The van der Waals surface area contributed by atoms with Crippen molar-refractivity contribution in [3.05, 3.63) is 42.2 Å². The molecule has 18 heavy (non-hydrogen) atoms. The van der Waals surface area contributed by atoms with Crippen molar-refractivity contribution in [1.82, 2.24) is 10.2 Å². The minimum atomic E-state index is -0.329. The first-order chi connectivity index (χ1) is 8.76. The highest BCUT2D eigenvalue weighted by Crippen LogP contribution is 2.27. The second-order valence-electron chi connectivity index (χ2n) is 4.36. The van der Waals surface area contributed by atoms with Crippen LogP contribution in [-0.4, -0.2) is 38.2 Å². The van der Waals surface area contributed by atoms with Crippen LogP contribution in [0.3, 0.4) is 0 Å². The van der Waals surface area contributed by atoms with Crippen LogP contribution in [0.2, 0.25) is 0 Å². The molecule has 0 unspecified atom stereocenters. The van der Waals surface area contributed by atoms with Gasteiger partial charge in [-0.25, -0.2) is 4.39 Å². The summed E-state index contributed by atoms with van der Waals surface area (Å²) in [6, 6.07) is 5.12. The average Bonchev–Trinajstić information content (AvgIpc) is 2.42. The van der Waals surface area contributed by atoms with Gasteiger partial charge in [-0.05, 0) is 17.7 Å². The molecule has 1 saturated heterocycles. The molecule has 1 fully saturated rings. The first-order valence-corrected chi connectivity index (χ1v) is 6.17. The number of nitrogens with zero attached hydrogens (tertiary/aromatic N) is 1. The fourth-order valence-corrected chi connectivity index (χ4v) is 2.32. The molecule has 1 aliphatic heterocycles. The Balaban J connectivity index is 2.23. The van der Waals surface area contributed by atoms with Gasteiger partial charge in [0.15, 0.2) is 11.6 Å². The van der Waals surface area contributed by atoms with Crippen LogP contribution < -0.4 is 10.1 Å². The van der Waals surface area contributed by atoms with Gasteiger partial charge in [-0.1, -0.05) is 12.1 Å². The lowest BCUT2D eigenvalue weighted by molar-refractivity contribution is 0.203. The lowest BCUT2D eigenvalue weighted by atomic mass is 10.0. The number of ether oxygens (including phenoxy) is 1. The van der Waals surface area contributed by atoms with Gasteiger partial charge in [-0.3, -0.25) is 4.90 Å².